The molecule has 0 radical (unpaired) electrons. The number of aromatic nitrogens is 2. The second-order valence-electron chi connectivity index (χ2n) is 3.86. The number of aryl methyl sites for hydroxylation is 1. The lowest BCUT2D eigenvalue weighted by Crippen LogP contribution is -2.31. The van der Waals surface area contributed by atoms with Gasteiger partial charge in [-0.2, -0.15) is 5.10 Å². The molecule has 1 aromatic heterocycles. The highest BCUT2D eigenvalue weighted by molar-refractivity contribution is 6.32. The Labute approximate surface area is 114 Å². The Bertz CT molecular complexity index is 597. The first-order valence-electron chi connectivity index (χ1n) is 5.55. The molecule has 7 heteroatoms. The number of carbonyl (C=O) groups is 1. The third-order valence-electron chi connectivity index (χ3n) is 2.58. The maximum absolute atomic E-state index is 11.6. The molecule has 0 spiro atoms. The van der Waals surface area contributed by atoms with Crippen molar-refractivity contribution in [2.45, 2.75) is 13.5 Å². The Hall–Kier alpha value is -2.05. The van der Waals surface area contributed by atoms with Crippen molar-refractivity contribution in [1.29, 1.82) is 0 Å². The molecule has 0 aliphatic rings. The lowest BCUT2D eigenvalue weighted by atomic mass is 10.2. The van der Waals surface area contributed by atoms with Gasteiger partial charge in [-0.3, -0.25) is 15.3 Å². The van der Waals surface area contributed by atoms with E-state index >= 15 is 0 Å². The number of nitrogens with one attached hydrogen (secondary N) is 2. The van der Waals surface area contributed by atoms with Gasteiger partial charge < -0.3 is 4.74 Å². The van der Waals surface area contributed by atoms with Crippen LogP contribution in [-0.2, 0) is 6.61 Å². The standard InChI is InChI=1S/C12H13ClN4O2/c1-7-11(12(18)15-14)9(17-16-7)6-19-10-5-3-2-4-8(10)13/h2-5H,6,14H2,1H3,(H,15,18)(H,16,17). The van der Waals surface area contributed by atoms with E-state index in [1.54, 1.807) is 25.1 Å². The number of benzene rings is 1. The molecule has 0 saturated heterocycles. The van der Waals surface area contributed by atoms with E-state index in [9.17, 15) is 4.79 Å². The predicted molar refractivity (Wildman–Crippen MR) is 70.8 cm³/mol. The summed E-state index contributed by atoms with van der Waals surface area (Å²) in [5, 5.41) is 7.24. The molecule has 0 aliphatic carbocycles. The van der Waals surface area contributed by atoms with Crippen molar-refractivity contribution in [3.63, 3.8) is 0 Å². The molecule has 1 amide bonds. The van der Waals surface area contributed by atoms with E-state index in [1.165, 1.54) is 0 Å². The number of ether oxygens (including phenoxy) is 1. The number of H-pyrrole nitrogens is 1. The van der Waals surface area contributed by atoms with Crippen LogP contribution in [0.4, 0.5) is 0 Å². The zero-order valence-electron chi connectivity index (χ0n) is 10.2. The molecule has 0 unspecified atom stereocenters. The summed E-state index contributed by atoms with van der Waals surface area (Å²) in [5.74, 6) is 5.25. The van der Waals surface area contributed by atoms with Crippen molar-refractivity contribution < 1.29 is 9.53 Å². The maximum atomic E-state index is 11.6. The molecule has 2 rings (SSSR count). The molecule has 19 heavy (non-hydrogen) atoms. The molecule has 6 nitrogen and oxygen atoms in total. The lowest BCUT2D eigenvalue weighted by molar-refractivity contribution is 0.0950. The number of amides is 1. The topological polar surface area (TPSA) is 93.0 Å². The van der Waals surface area contributed by atoms with Gasteiger partial charge in [-0.1, -0.05) is 23.7 Å². The van der Waals surface area contributed by atoms with Crippen molar-refractivity contribution >= 4 is 17.5 Å². The van der Waals surface area contributed by atoms with Crippen LogP contribution in [0.5, 0.6) is 5.75 Å². The highest BCUT2D eigenvalue weighted by Gasteiger charge is 2.17. The van der Waals surface area contributed by atoms with Gasteiger partial charge in [-0.05, 0) is 19.1 Å². The monoisotopic (exact) mass is 280 g/mol. The van der Waals surface area contributed by atoms with Crippen LogP contribution < -0.4 is 16.0 Å². The summed E-state index contributed by atoms with van der Waals surface area (Å²) in [6.45, 7) is 1.85. The van der Waals surface area contributed by atoms with Crippen LogP contribution >= 0.6 is 11.6 Å². The molecule has 0 aliphatic heterocycles. The fourth-order valence-corrected chi connectivity index (χ4v) is 1.86. The first-order valence-corrected chi connectivity index (χ1v) is 5.93. The first-order chi connectivity index (χ1) is 9.13. The predicted octanol–water partition coefficient (Wildman–Crippen LogP) is 1.55. The van der Waals surface area contributed by atoms with E-state index in [1.807, 2.05) is 6.07 Å². The molecule has 0 bridgehead atoms. The number of hydrogen-bond acceptors (Lipinski definition) is 4. The molecule has 1 aromatic carbocycles. The van der Waals surface area contributed by atoms with Gasteiger partial charge in [0.25, 0.3) is 5.91 Å². The molecule has 4 N–H and O–H groups in total. The lowest BCUT2D eigenvalue weighted by Gasteiger charge is -2.07. The van der Waals surface area contributed by atoms with Crippen LogP contribution in [0.15, 0.2) is 24.3 Å². The molecule has 0 atom stereocenters. The van der Waals surface area contributed by atoms with E-state index in [0.717, 1.165) is 0 Å². The molecule has 0 saturated carbocycles. The van der Waals surface area contributed by atoms with Crippen LogP contribution in [0.1, 0.15) is 21.7 Å². The Morgan fingerprint density at radius 3 is 2.95 bits per heavy atom. The van der Waals surface area contributed by atoms with Gasteiger partial charge in [-0.15, -0.1) is 0 Å². The SMILES string of the molecule is Cc1[nH]nc(COc2ccccc2Cl)c1C(=O)NN. The summed E-state index contributed by atoms with van der Waals surface area (Å²) >= 11 is 5.97. The van der Waals surface area contributed by atoms with Gasteiger partial charge in [0.15, 0.2) is 0 Å². The van der Waals surface area contributed by atoms with Crippen molar-refractivity contribution in [3.8, 4) is 5.75 Å². The maximum Gasteiger partial charge on any atom is 0.269 e. The Balaban J connectivity index is 2.17. The molecule has 100 valence electrons. The zero-order valence-corrected chi connectivity index (χ0v) is 11.0. The zero-order chi connectivity index (χ0) is 13.8. The number of hydrazine groups is 1. The number of nitrogen functional groups attached to an aromatic ring is 1. The van der Waals surface area contributed by atoms with Gasteiger partial charge in [0.1, 0.15) is 18.1 Å². The third-order valence-corrected chi connectivity index (χ3v) is 2.89. The van der Waals surface area contributed by atoms with E-state index in [4.69, 9.17) is 22.2 Å². The van der Waals surface area contributed by atoms with Crippen LogP contribution in [0.2, 0.25) is 5.02 Å². The van der Waals surface area contributed by atoms with Gasteiger partial charge in [0.05, 0.1) is 10.6 Å². The molecular formula is C12H13ClN4O2. The molecule has 1 heterocycles. The van der Waals surface area contributed by atoms with Crippen molar-refractivity contribution in [2.75, 3.05) is 0 Å². The van der Waals surface area contributed by atoms with Crippen LogP contribution in [0, 0.1) is 6.92 Å². The third kappa shape index (κ3) is 2.86. The highest BCUT2D eigenvalue weighted by atomic mass is 35.5. The van der Waals surface area contributed by atoms with Crippen LogP contribution in [-0.4, -0.2) is 16.1 Å². The van der Waals surface area contributed by atoms with Crippen molar-refractivity contribution in [1.82, 2.24) is 15.6 Å². The normalized spacial score (nSPS) is 10.3. The van der Waals surface area contributed by atoms with Crippen molar-refractivity contribution in [2.24, 2.45) is 5.84 Å². The summed E-state index contributed by atoms with van der Waals surface area (Å²) in [5.41, 5.74) is 3.56. The number of carbonyl (C=O) groups excluding carboxylic acids is 1. The molecule has 0 fully saturated rings. The van der Waals surface area contributed by atoms with Gasteiger partial charge in [0.2, 0.25) is 0 Å². The summed E-state index contributed by atoms with van der Waals surface area (Å²) in [7, 11) is 0. The number of halogens is 1. The fraction of sp³-hybridized carbons (Fsp3) is 0.167. The Kier molecular flexibility index (Phi) is 4.03. The van der Waals surface area contributed by atoms with E-state index in [0.29, 0.717) is 27.7 Å². The minimum Gasteiger partial charge on any atom is -0.486 e. The second kappa shape index (κ2) is 5.73. The smallest absolute Gasteiger partial charge is 0.269 e. The number of nitrogens with zero attached hydrogens (tertiary/aromatic N) is 1. The van der Waals surface area contributed by atoms with Gasteiger partial charge in [0, 0.05) is 5.69 Å². The number of aromatic amines is 1. The minimum atomic E-state index is -0.413. The Morgan fingerprint density at radius 1 is 1.53 bits per heavy atom. The first kappa shape index (κ1) is 13.4. The van der Waals surface area contributed by atoms with E-state index in [-0.39, 0.29) is 6.61 Å². The highest BCUT2D eigenvalue weighted by Crippen LogP contribution is 2.24. The number of para-hydroxylation sites is 1. The van der Waals surface area contributed by atoms with E-state index in [2.05, 4.69) is 15.6 Å². The molecular weight excluding hydrogens is 268 g/mol. The van der Waals surface area contributed by atoms with Gasteiger partial charge >= 0.3 is 0 Å². The number of nitrogens with two attached hydrogens (primary N) is 1. The minimum absolute atomic E-state index is 0.122. The average molecular weight is 281 g/mol. The summed E-state index contributed by atoms with van der Waals surface area (Å²) < 4.78 is 5.54. The van der Waals surface area contributed by atoms with Crippen LogP contribution in [0.3, 0.4) is 0 Å². The molecule has 2 aromatic rings. The number of rotatable bonds is 4. The quantitative estimate of drug-likeness (QED) is 0.450. The summed E-state index contributed by atoms with van der Waals surface area (Å²) in [4.78, 5) is 11.6. The largest absolute Gasteiger partial charge is 0.486 e. The van der Waals surface area contributed by atoms with Crippen molar-refractivity contribution in [3.05, 3.63) is 46.2 Å². The summed E-state index contributed by atoms with van der Waals surface area (Å²) in [6.07, 6.45) is 0. The van der Waals surface area contributed by atoms with Gasteiger partial charge in [-0.25, -0.2) is 5.84 Å². The van der Waals surface area contributed by atoms with E-state index < -0.39 is 5.91 Å². The fourth-order valence-electron chi connectivity index (χ4n) is 1.67. The summed E-state index contributed by atoms with van der Waals surface area (Å²) in [6, 6.07) is 7.08. The number of hydrogen-bond donors (Lipinski definition) is 3. The average Bonchev–Trinajstić information content (AvgIpc) is 2.78. The van der Waals surface area contributed by atoms with Crippen LogP contribution in [0.25, 0.3) is 0 Å². The Morgan fingerprint density at radius 2 is 2.26 bits per heavy atom. The second-order valence-corrected chi connectivity index (χ2v) is 4.27.